The number of hydrogen-bond acceptors (Lipinski definition) is 5. The average Bonchev–Trinajstić information content (AvgIpc) is 2.91. The molecule has 7 heteroatoms. The predicted octanol–water partition coefficient (Wildman–Crippen LogP) is 3.23. The standard InChI is InChI=1S/C16H16ClFN4O/c1-9-19-14-15(23-9)10-7-11(17)12(18)8-13(10)20-16(14)22-5-3-21(2)4-6-22/h7-8H,3-6H2,1-2H3. The third-order valence-corrected chi connectivity index (χ3v) is 4.55. The smallest absolute Gasteiger partial charge is 0.192 e. The fourth-order valence-electron chi connectivity index (χ4n) is 2.98. The number of rotatable bonds is 1. The minimum absolute atomic E-state index is 0.0574. The average molecular weight is 335 g/mol. The van der Waals surface area contributed by atoms with Crippen LogP contribution in [0.4, 0.5) is 10.2 Å². The first kappa shape index (κ1) is 14.7. The summed E-state index contributed by atoms with van der Waals surface area (Å²) >= 11 is 5.92. The predicted molar refractivity (Wildman–Crippen MR) is 88.7 cm³/mol. The summed E-state index contributed by atoms with van der Waals surface area (Å²) in [6, 6.07) is 2.91. The first-order chi connectivity index (χ1) is 11.0. The van der Waals surface area contributed by atoms with Crippen LogP contribution in [0.3, 0.4) is 0 Å². The quantitative estimate of drug-likeness (QED) is 0.683. The molecular weight excluding hydrogens is 319 g/mol. The van der Waals surface area contributed by atoms with Crippen molar-refractivity contribution in [2.45, 2.75) is 6.92 Å². The van der Waals surface area contributed by atoms with Crippen LogP contribution in [0.5, 0.6) is 0 Å². The Morgan fingerprint density at radius 1 is 1.17 bits per heavy atom. The number of halogens is 2. The molecule has 1 fully saturated rings. The van der Waals surface area contributed by atoms with E-state index in [4.69, 9.17) is 16.0 Å². The fourth-order valence-corrected chi connectivity index (χ4v) is 3.14. The number of oxazole rings is 1. The van der Waals surface area contributed by atoms with Gasteiger partial charge in [-0.25, -0.2) is 14.4 Å². The molecule has 0 radical (unpaired) electrons. The van der Waals surface area contributed by atoms with Crippen LogP contribution in [0.2, 0.25) is 5.02 Å². The van der Waals surface area contributed by atoms with Crippen molar-refractivity contribution in [3.63, 3.8) is 0 Å². The van der Waals surface area contributed by atoms with E-state index in [0.717, 1.165) is 32.0 Å². The van der Waals surface area contributed by atoms with E-state index in [1.807, 2.05) is 0 Å². The lowest BCUT2D eigenvalue weighted by Crippen LogP contribution is -2.44. The Bertz CT molecular complexity index is 902. The normalized spacial score (nSPS) is 16.6. The number of aromatic nitrogens is 2. The van der Waals surface area contributed by atoms with Crippen molar-refractivity contribution in [2.24, 2.45) is 0 Å². The van der Waals surface area contributed by atoms with Gasteiger partial charge in [-0.15, -0.1) is 0 Å². The lowest BCUT2D eigenvalue weighted by atomic mass is 10.2. The molecular formula is C16H16ClFN4O. The molecule has 5 nitrogen and oxygen atoms in total. The highest BCUT2D eigenvalue weighted by Gasteiger charge is 2.22. The van der Waals surface area contributed by atoms with Crippen LogP contribution in [0, 0.1) is 12.7 Å². The first-order valence-electron chi connectivity index (χ1n) is 7.52. The molecule has 0 saturated carbocycles. The minimum atomic E-state index is -0.480. The number of aryl methyl sites for hydroxylation is 1. The third-order valence-electron chi connectivity index (χ3n) is 4.26. The van der Waals surface area contributed by atoms with Gasteiger partial charge in [0.25, 0.3) is 0 Å². The van der Waals surface area contributed by atoms with E-state index in [1.165, 1.54) is 6.07 Å². The van der Waals surface area contributed by atoms with E-state index >= 15 is 0 Å². The molecule has 3 aromatic rings. The van der Waals surface area contributed by atoms with Gasteiger partial charge in [-0.3, -0.25) is 0 Å². The Balaban J connectivity index is 1.97. The largest absolute Gasteiger partial charge is 0.440 e. The van der Waals surface area contributed by atoms with Gasteiger partial charge in [0.15, 0.2) is 22.8 Å². The van der Waals surface area contributed by atoms with Gasteiger partial charge in [0.05, 0.1) is 10.5 Å². The zero-order valence-corrected chi connectivity index (χ0v) is 13.7. The number of piperazine rings is 1. The Morgan fingerprint density at radius 3 is 2.65 bits per heavy atom. The fraction of sp³-hybridized carbons (Fsp3) is 0.375. The molecule has 1 saturated heterocycles. The van der Waals surface area contributed by atoms with E-state index in [2.05, 4.69) is 26.8 Å². The van der Waals surface area contributed by atoms with E-state index in [0.29, 0.717) is 27.9 Å². The second kappa shape index (κ2) is 5.32. The van der Waals surface area contributed by atoms with E-state index in [9.17, 15) is 4.39 Å². The highest BCUT2D eigenvalue weighted by atomic mass is 35.5. The van der Waals surface area contributed by atoms with Crippen LogP contribution >= 0.6 is 11.6 Å². The summed E-state index contributed by atoms with van der Waals surface area (Å²) < 4.78 is 19.6. The topological polar surface area (TPSA) is 45.4 Å². The molecule has 0 unspecified atom stereocenters. The summed E-state index contributed by atoms with van der Waals surface area (Å²) in [7, 11) is 2.10. The Morgan fingerprint density at radius 2 is 1.91 bits per heavy atom. The molecule has 0 atom stereocenters. The Labute approximate surface area is 137 Å². The number of hydrogen-bond donors (Lipinski definition) is 0. The molecule has 0 aliphatic carbocycles. The van der Waals surface area contributed by atoms with E-state index in [1.54, 1.807) is 13.0 Å². The molecule has 4 rings (SSSR count). The molecule has 1 aliphatic rings. The molecule has 0 N–H and O–H groups in total. The maximum absolute atomic E-state index is 13.8. The van der Waals surface area contributed by atoms with Crippen molar-refractivity contribution >= 4 is 39.4 Å². The zero-order valence-electron chi connectivity index (χ0n) is 12.9. The number of fused-ring (bicyclic) bond motifs is 3. The Kier molecular flexibility index (Phi) is 3.39. The van der Waals surface area contributed by atoms with Crippen LogP contribution in [-0.4, -0.2) is 48.1 Å². The second-order valence-corrected chi connectivity index (χ2v) is 6.33. The lowest BCUT2D eigenvalue weighted by molar-refractivity contribution is 0.312. The number of benzene rings is 1. The maximum Gasteiger partial charge on any atom is 0.192 e. The van der Waals surface area contributed by atoms with Crippen molar-refractivity contribution < 1.29 is 8.81 Å². The maximum atomic E-state index is 13.8. The number of nitrogens with zero attached hydrogens (tertiary/aromatic N) is 4. The van der Waals surface area contributed by atoms with Crippen LogP contribution in [0.15, 0.2) is 16.5 Å². The lowest BCUT2D eigenvalue weighted by Gasteiger charge is -2.33. The zero-order chi connectivity index (χ0) is 16.1. The molecule has 3 heterocycles. The summed E-state index contributed by atoms with van der Waals surface area (Å²) in [5.74, 6) is 0.830. The van der Waals surface area contributed by atoms with E-state index in [-0.39, 0.29) is 5.02 Å². The van der Waals surface area contributed by atoms with E-state index < -0.39 is 5.82 Å². The van der Waals surface area contributed by atoms with Crippen molar-refractivity contribution in [2.75, 3.05) is 38.1 Å². The molecule has 0 spiro atoms. The molecule has 1 aromatic carbocycles. The van der Waals surface area contributed by atoms with Crippen LogP contribution in [0.1, 0.15) is 5.89 Å². The van der Waals surface area contributed by atoms with Gasteiger partial charge in [0.2, 0.25) is 0 Å². The molecule has 23 heavy (non-hydrogen) atoms. The van der Waals surface area contributed by atoms with Gasteiger partial charge in [-0.1, -0.05) is 11.6 Å². The van der Waals surface area contributed by atoms with Crippen molar-refractivity contribution in [1.82, 2.24) is 14.9 Å². The minimum Gasteiger partial charge on any atom is -0.440 e. The number of likely N-dealkylation sites (N-methyl/N-ethyl adjacent to an activating group) is 1. The molecule has 1 aliphatic heterocycles. The Hall–Kier alpha value is -1.92. The molecule has 0 bridgehead atoms. The highest BCUT2D eigenvalue weighted by molar-refractivity contribution is 6.31. The SMILES string of the molecule is Cc1nc2c(N3CCN(C)CC3)nc3cc(F)c(Cl)cc3c2o1. The van der Waals surface area contributed by atoms with Crippen molar-refractivity contribution in [3.8, 4) is 0 Å². The van der Waals surface area contributed by atoms with Crippen LogP contribution in [-0.2, 0) is 0 Å². The summed E-state index contributed by atoms with van der Waals surface area (Å²) in [5, 5.41) is 0.742. The van der Waals surface area contributed by atoms with Gasteiger partial charge < -0.3 is 14.2 Å². The third kappa shape index (κ3) is 2.42. The van der Waals surface area contributed by atoms with Crippen molar-refractivity contribution in [3.05, 3.63) is 28.9 Å². The molecule has 2 aromatic heterocycles. The van der Waals surface area contributed by atoms with Gasteiger partial charge in [0, 0.05) is 44.6 Å². The second-order valence-electron chi connectivity index (χ2n) is 5.92. The molecule has 120 valence electrons. The van der Waals surface area contributed by atoms with Gasteiger partial charge in [-0.05, 0) is 13.1 Å². The molecule has 0 amide bonds. The van der Waals surface area contributed by atoms with Crippen LogP contribution < -0.4 is 4.90 Å². The van der Waals surface area contributed by atoms with Gasteiger partial charge in [0.1, 0.15) is 5.82 Å². The first-order valence-corrected chi connectivity index (χ1v) is 7.90. The number of pyridine rings is 1. The summed E-state index contributed by atoms with van der Waals surface area (Å²) in [6.45, 7) is 5.41. The summed E-state index contributed by atoms with van der Waals surface area (Å²) in [5.41, 5.74) is 1.86. The summed E-state index contributed by atoms with van der Waals surface area (Å²) in [4.78, 5) is 13.6. The summed E-state index contributed by atoms with van der Waals surface area (Å²) in [6.07, 6.45) is 0. The number of anilines is 1. The van der Waals surface area contributed by atoms with Gasteiger partial charge >= 0.3 is 0 Å². The van der Waals surface area contributed by atoms with Gasteiger partial charge in [-0.2, -0.15) is 0 Å². The van der Waals surface area contributed by atoms with Crippen molar-refractivity contribution in [1.29, 1.82) is 0 Å². The van der Waals surface area contributed by atoms with Crippen LogP contribution in [0.25, 0.3) is 22.0 Å². The monoisotopic (exact) mass is 334 g/mol. The highest BCUT2D eigenvalue weighted by Crippen LogP contribution is 2.34.